The molecular weight excluding hydrogens is 230 g/mol. The van der Waals surface area contributed by atoms with Crippen molar-refractivity contribution in [1.29, 1.82) is 0 Å². The van der Waals surface area contributed by atoms with E-state index in [4.69, 9.17) is 0 Å². The highest BCUT2D eigenvalue weighted by atomic mass is 14.9. The van der Waals surface area contributed by atoms with E-state index in [1.807, 2.05) is 0 Å². The van der Waals surface area contributed by atoms with Crippen LogP contribution in [0.15, 0.2) is 48.5 Å². The van der Waals surface area contributed by atoms with E-state index in [0.29, 0.717) is 6.04 Å². The maximum absolute atomic E-state index is 3.69. The van der Waals surface area contributed by atoms with Crippen molar-refractivity contribution in [2.24, 2.45) is 0 Å². The summed E-state index contributed by atoms with van der Waals surface area (Å²) < 4.78 is 0. The lowest BCUT2D eigenvalue weighted by molar-refractivity contribution is 0.586. The molecule has 0 radical (unpaired) electrons. The molecule has 0 spiro atoms. The molecule has 2 aromatic rings. The highest BCUT2D eigenvalue weighted by Crippen LogP contribution is 2.26. The molecule has 1 heteroatoms. The number of hydrogen-bond acceptors (Lipinski definition) is 1. The van der Waals surface area contributed by atoms with Crippen LogP contribution in [0.25, 0.3) is 0 Å². The van der Waals surface area contributed by atoms with Crippen LogP contribution in [0.4, 0.5) is 5.69 Å². The number of hydrogen-bond donors (Lipinski definition) is 1. The molecule has 19 heavy (non-hydrogen) atoms. The fourth-order valence-corrected chi connectivity index (χ4v) is 2.94. The average Bonchev–Trinajstić information content (AvgIpc) is 2.46. The molecule has 0 aromatic heterocycles. The van der Waals surface area contributed by atoms with E-state index in [2.05, 4.69) is 60.8 Å². The lowest BCUT2D eigenvalue weighted by Gasteiger charge is -2.27. The summed E-state index contributed by atoms with van der Waals surface area (Å²) in [4.78, 5) is 0. The molecule has 1 heterocycles. The van der Waals surface area contributed by atoms with Crippen molar-refractivity contribution >= 4 is 5.69 Å². The molecule has 0 saturated heterocycles. The molecule has 1 unspecified atom stereocenters. The molecule has 0 amide bonds. The smallest absolute Gasteiger partial charge is 0.0374 e. The van der Waals surface area contributed by atoms with Gasteiger partial charge in [0.15, 0.2) is 0 Å². The van der Waals surface area contributed by atoms with Gasteiger partial charge in [0.05, 0.1) is 0 Å². The Morgan fingerprint density at radius 1 is 1.05 bits per heavy atom. The molecule has 1 nitrogen and oxygen atoms in total. The fourth-order valence-electron chi connectivity index (χ4n) is 2.94. The topological polar surface area (TPSA) is 12.0 Å². The zero-order valence-electron chi connectivity index (χ0n) is 11.5. The Balaban J connectivity index is 1.62. The second kappa shape index (κ2) is 5.48. The minimum absolute atomic E-state index is 0.620. The molecule has 0 fully saturated rings. The molecule has 1 atom stereocenters. The zero-order valence-corrected chi connectivity index (χ0v) is 11.5. The van der Waals surface area contributed by atoms with Crippen molar-refractivity contribution in [1.82, 2.24) is 0 Å². The summed E-state index contributed by atoms with van der Waals surface area (Å²) in [6, 6.07) is 18.0. The molecular formula is C18H21N. The van der Waals surface area contributed by atoms with Crippen LogP contribution in [-0.4, -0.2) is 6.04 Å². The zero-order chi connectivity index (χ0) is 13.1. The van der Waals surface area contributed by atoms with E-state index in [9.17, 15) is 0 Å². The average molecular weight is 251 g/mol. The van der Waals surface area contributed by atoms with Gasteiger partial charge in [-0.1, -0.05) is 42.5 Å². The maximum Gasteiger partial charge on any atom is 0.0374 e. The minimum atomic E-state index is 0.620. The third-order valence-electron chi connectivity index (χ3n) is 4.16. The Morgan fingerprint density at radius 2 is 1.84 bits per heavy atom. The normalized spacial score (nSPS) is 17.6. The van der Waals surface area contributed by atoms with E-state index in [1.54, 1.807) is 0 Å². The number of nitrogens with one attached hydrogen (secondary N) is 1. The summed E-state index contributed by atoms with van der Waals surface area (Å²) in [5.41, 5.74) is 5.71. The molecule has 98 valence electrons. The van der Waals surface area contributed by atoms with Crippen molar-refractivity contribution in [2.45, 2.75) is 38.6 Å². The first-order chi connectivity index (χ1) is 9.33. The Kier molecular flexibility index (Phi) is 3.54. The fraction of sp³-hybridized carbons (Fsp3) is 0.333. The highest BCUT2D eigenvalue weighted by molar-refractivity contribution is 5.53. The Labute approximate surface area is 115 Å². The van der Waals surface area contributed by atoms with Gasteiger partial charge in [-0.3, -0.25) is 0 Å². The van der Waals surface area contributed by atoms with Crippen molar-refractivity contribution in [3.8, 4) is 0 Å². The molecule has 1 aliphatic heterocycles. The van der Waals surface area contributed by atoms with Crippen molar-refractivity contribution in [3.63, 3.8) is 0 Å². The van der Waals surface area contributed by atoms with Gasteiger partial charge in [0, 0.05) is 11.7 Å². The predicted octanol–water partition coefficient (Wildman–Crippen LogP) is 4.35. The monoisotopic (exact) mass is 251 g/mol. The minimum Gasteiger partial charge on any atom is -0.382 e. The maximum atomic E-state index is 3.69. The van der Waals surface area contributed by atoms with E-state index in [1.165, 1.54) is 48.1 Å². The summed E-state index contributed by atoms with van der Waals surface area (Å²) in [6.45, 7) is 2.21. The van der Waals surface area contributed by atoms with Crippen LogP contribution in [0, 0.1) is 6.92 Å². The summed E-state index contributed by atoms with van der Waals surface area (Å²) in [6.07, 6.45) is 4.86. The lowest BCUT2D eigenvalue weighted by Crippen LogP contribution is -2.25. The Hall–Kier alpha value is -1.76. The number of fused-ring (bicyclic) bond motifs is 1. The first-order valence-electron chi connectivity index (χ1n) is 7.22. The SMILES string of the molecule is Cc1ccccc1CCC1CCc2ccccc2N1. The number of aryl methyl sites for hydroxylation is 3. The van der Waals surface area contributed by atoms with Crippen LogP contribution < -0.4 is 5.32 Å². The van der Waals surface area contributed by atoms with Gasteiger partial charge in [-0.05, 0) is 55.4 Å². The van der Waals surface area contributed by atoms with Gasteiger partial charge in [0.1, 0.15) is 0 Å². The van der Waals surface area contributed by atoms with Crippen molar-refractivity contribution in [3.05, 3.63) is 65.2 Å². The molecule has 0 saturated carbocycles. The predicted molar refractivity (Wildman–Crippen MR) is 81.7 cm³/mol. The van der Waals surface area contributed by atoms with Gasteiger partial charge in [-0.2, -0.15) is 0 Å². The first kappa shape index (κ1) is 12.3. The summed E-state index contributed by atoms with van der Waals surface area (Å²) in [5.74, 6) is 0. The van der Waals surface area contributed by atoms with Crippen LogP contribution in [0.5, 0.6) is 0 Å². The number of anilines is 1. The van der Waals surface area contributed by atoms with Crippen LogP contribution in [0.2, 0.25) is 0 Å². The molecule has 0 aliphatic carbocycles. The van der Waals surface area contributed by atoms with Gasteiger partial charge in [0.25, 0.3) is 0 Å². The van der Waals surface area contributed by atoms with E-state index < -0.39 is 0 Å². The second-order valence-electron chi connectivity index (χ2n) is 5.50. The molecule has 0 bridgehead atoms. The lowest BCUT2D eigenvalue weighted by atomic mass is 9.93. The number of rotatable bonds is 3. The quantitative estimate of drug-likeness (QED) is 0.855. The standard InChI is InChI=1S/C18H21N/c1-14-6-2-3-7-15(14)10-12-17-13-11-16-8-4-5-9-18(16)19-17/h2-9,17,19H,10-13H2,1H3. The first-order valence-corrected chi connectivity index (χ1v) is 7.22. The van der Waals surface area contributed by atoms with E-state index in [0.717, 1.165) is 0 Å². The van der Waals surface area contributed by atoms with Gasteiger partial charge < -0.3 is 5.32 Å². The second-order valence-corrected chi connectivity index (χ2v) is 5.50. The number of benzene rings is 2. The third kappa shape index (κ3) is 2.81. The van der Waals surface area contributed by atoms with Crippen LogP contribution in [-0.2, 0) is 12.8 Å². The molecule has 3 rings (SSSR count). The van der Waals surface area contributed by atoms with Gasteiger partial charge >= 0.3 is 0 Å². The third-order valence-corrected chi connectivity index (χ3v) is 4.16. The summed E-state index contributed by atoms with van der Waals surface area (Å²) in [5, 5.41) is 3.69. The van der Waals surface area contributed by atoms with Crippen LogP contribution in [0.1, 0.15) is 29.5 Å². The largest absolute Gasteiger partial charge is 0.382 e. The Bertz CT molecular complexity index is 559. The summed E-state index contributed by atoms with van der Waals surface area (Å²) in [7, 11) is 0. The molecule has 1 aliphatic rings. The molecule has 1 N–H and O–H groups in total. The van der Waals surface area contributed by atoms with Gasteiger partial charge in [-0.25, -0.2) is 0 Å². The van der Waals surface area contributed by atoms with Crippen LogP contribution in [0.3, 0.4) is 0 Å². The van der Waals surface area contributed by atoms with Crippen LogP contribution >= 0.6 is 0 Å². The van der Waals surface area contributed by atoms with Gasteiger partial charge in [0.2, 0.25) is 0 Å². The number of para-hydroxylation sites is 1. The molecule has 2 aromatic carbocycles. The highest BCUT2D eigenvalue weighted by Gasteiger charge is 2.16. The van der Waals surface area contributed by atoms with Crippen molar-refractivity contribution < 1.29 is 0 Å². The van der Waals surface area contributed by atoms with E-state index in [-0.39, 0.29) is 0 Å². The van der Waals surface area contributed by atoms with E-state index >= 15 is 0 Å². The van der Waals surface area contributed by atoms with Gasteiger partial charge in [-0.15, -0.1) is 0 Å². The van der Waals surface area contributed by atoms with Crippen molar-refractivity contribution in [2.75, 3.05) is 5.32 Å². The Morgan fingerprint density at radius 3 is 2.74 bits per heavy atom. The summed E-state index contributed by atoms with van der Waals surface area (Å²) >= 11 is 0.